The van der Waals surface area contributed by atoms with Gasteiger partial charge in [0.15, 0.2) is 0 Å². The summed E-state index contributed by atoms with van der Waals surface area (Å²) in [4.78, 5) is 35.1. The van der Waals surface area contributed by atoms with Crippen LogP contribution in [0.5, 0.6) is 0 Å². The number of amides is 1. The molecule has 6 heteroatoms. The van der Waals surface area contributed by atoms with Crippen molar-refractivity contribution in [2.45, 2.75) is 277 Å². The van der Waals surface area contributed by atoms with Gasteiger partial charge in [-0.3, -0.25) is 14.4 Å². The van der Waals surface area contributed by atoms with Gasteiger partial charge in [-0.1, -0.05) is 219 Å². The molecular formula is C47H91NO5. The Kier molecular flexibility index (Phi) is 41.8. The van der Waals surface area contributed by atoms with Crippen LogP contribution in [0.3, 0.4) is 0 Å². The molecule has 0 fully saturated rings. The molecule has 2 N–H and O–H groups in total. The van der Waals surface area contributed by atoms with Gasteiger partial charge in [-0.25, -0.2) is 0 Å². The molecule has 0 aliphatic heterocycles. The number of carboxylic acids is 1. The van der Waals surface area contributed by atoms with E-state index in [1.54, 1.807) is 0 Å². The lowest BCUT2D eigenvalue weighted by Gasteiger charge is -2.18. The molecule has 0 spiro atoms. The number of ether oxygens (including phenoxy) is 1. The average molecular weight is 750 g/mol. The summed E-state index contributed by atoms with van der Waals surface area (Å²) in [6.45, 7) is 4.26. The molecule has 0 saturated carbocycles. The molecule has 0 aromatic carbocycles. The molecule has 0 heterocycles. The predicted molar refractivity (Wildman–Crippen MR) is 227 cm³/mol. The summed E-state index contributed by atoms with van der Waals surface area (Å²) in [7, 11) is 0. The van der Waals surface area contributed by atoms with Crippen molar-refractivity contribution in [2.24, 2.45) is 0 Å². The van der Waals surface area contributed by atoms with Crippen molar-refractivity contribution < 1.29 is 24.2 Å². The number of rotatable bonds is 44. The third-order valence-electron chi connectivity index (χ3n) is 11.0. The first-order valence-corrected chi connectivity index (χ1v) is 23.7. The van der Waals surface area contributed by atoms with E-state index < -0.39 is 5.97 Å². The van der Waals surface area contributed by atoms with E-state index in [4.69, 9.17) is 9.84 Å². The van der Waals surface area contributed by atoms with Crippen molar-refractivity contribution >= 4 is 17.8 Å². The number of nitrogens with one attached hydrogen (secondary N) is 1. The molecule has 314 valence electrons. The highest BCUT2D eigenvalue weighted by atomic mass is 16.5. The van der Waals surface area contributed by atoms with Gasteiger partial charge in [0.25, 0.3) is 0 Å². The van der Waals surface area contributed by atoms with Crippen molar-refractivity contribution in [3.05, 3.63) is 0 Å². The molecule has 0 rings (SSSR count). The number of carbonyl (C=O) groups is 3. The van der Waals surface area contributed by atoms with Gasteiger partial charge in [0.2, 0.25) is 5.91 Å². The van der Waals surface area contributed by atoms with Crippen LogP contribution in [-0.4, -0.2) is 35.6 Å². The number of carbonyl (C=O) groups excluding carboxylic acids is 2. The Labute approximate surface area is 329 Å². The minimum Gasteiger partial charge on any atom is -0.480 e. The molecule has 0 saturated heterocycles. The fraction of sp³-hybridized carbons (Fsp3) is 0.936. The highest BCUT2D eigenvalue weighted by Crippen LogP contribution is 2.20. The highest BCUT2D eigenvalue weighted by Gasteiger charge is 2.14. The number of aliphatic carboxylic acids is 1. The summed E-state index contributed by atoms with van der Waals surface area (Å²) < 4.78 is 6.05. The lowest BCUT2D eigenvalue weighted by atomic mass is 10.0. The minimum absolute atomic E-state index is 0.00662. The Balaban J connectivity index is 3.99. The lowest BCUT2D eigenvalue weighted by Crippen LogP contribution is -2.28. The van der Waals surface area contributed by atoms with Crippen LogP contribution in [0.4, 0.5) is 0 Å². The molecule has 6 nitrogen and oxygen atoms in total. The fourth-order valence-electron chi connectivity index (χ4n) is 7.52. The van der Waals surface area contributed by atoms with Gasteiger partial charge < -0.3 is 15.2 Å². The Morgan fingerprint density at radius 2 is 0.698 bits per heavy atom. The molecular weight excluding hydrogens is 659 g/mol. The topological polar surface area (TPSA) is 92.7 Å². The largest absolute Gasteiger partial charge is 0.480 e. The number of hydrogen-bond acceptors (Lipinski definition) is 4. The fourth-order valence-corrected chi connectivity index (χ4v) is 7.52. The molecule has 1 amide bonds. The average Bonchev–Trinajstić information content (AvgIpc) is 3.14. The zero-order chi connectivity index (χ0) is 38.7. The second-order valence-corrected chi connectivity index (χ2v) is 16.4. The number of esters is 1. The third-order valence-corrected chi connectivity index (χ3v) is 11.0. The first-order valence-electron chi connectivity index (χ1n) is 23.7. The van der Waals surface area contributed by atoms with Gasteiger partial charge >= 0.3 is 11.9 Å². The minimum atomic E-state index is -1.01. The first-order chi connectivity index (χ1) is 26.0. The van der Waals surface area contributed by atoms with Crippen molar-refractivity contribution in [3.63, 3.8) is 0 Å². The Morgan fingerprint density at radius 3 is 1.02 bits per heavy atom. The van der Waals surface area contributed by atoms with E-state index in [1.807, 2.05) is 0 Å². The number of carboxylic acid groups (broad SMARTS) is 1. The number of unbranched alkanes of at least 4 members (excludes halogenated alkanes) is 33. The van der Waals surface area contributed by atoms with Crippen LogP contribution in [0.2, 0.25) is 0 Å². The maximum Gasteiger partial charge on any atom is 0.322 e. The molecule has 1 unspecified atom stereocenters. The van der Waals surface area contributed by atoms with Gasteiger partial charge in [0, 0.05) is 12.8 Å². The van der Waals surface area contributed by atoms with E-state index in [2.05, 4.69) is 19.2 Å². The monoisotopic (exact) mass is 750 g/mol. The normalized spacial score (nSPS) is 11.9. The maximum atomic E-state index is 12.8. The zero-order valence-electron chi connectivity index (χ0n) is 35.6. The maximum absolute atomic E-state index is 12.8. The molecule has 0 aromatic heterocycles. The van der Waals surface area contributed by atoms with Crippen LogP contribution in [-0.2, 0) is 19.1 Å². The van der Waals surface area contributed by atoms with E-state index in [-0.39, 0.29) is 24.5 Å². The second-order valence-electron chi connectivity index (χ2n) is 16.4. The van der Waals surface area contributed by atoms with E-state index in [0.717, 1.165) is 64.2 Å². The van der Waals surface area contributed by atoms with Gasteiger partial charge in [-0.05, 0) is 38.5 Å². The summed E-state index contributed by atoms with van der Waals surface area (Å²) in [5.74, 6) is -1.21. The Hall–Kier alpha value is -1.59. The van der Waals surface area contributed by atoms with Crippen LogP contribution in [0.25, 0.3) is 0 Å². The smallest absolute Gasteiger partial charge is 0.322 e. The van der Waals surface area contributed by atoms with E-state index in [0.29, 0.717) is 12.8 Å². The summed E-state index contributed by atoms with van der Waals surface area (Å²) in [6.07, 6.45) is 49.6. The second kappa shape index (κ2) is 43.1. The molecule has 0 aromatic rings. The molecule has 0 bridgehead atoms. The zero-order valence-corrected chi connectivity index (χ0v) is 35.6. The standard InChI is InChI=1S/C47H91NO5/c1-3-5-7-9-11-13-15-16-17-18-19-20-21-22-23-25-27-29-34-38-42-47(52)53-44(39-35-31-28-26-24-14-12-10-8-6-4-2)40-36-32-30-33-37-41-45(49)48-43-46(50)51/h44H,3-43H2,1-2H3,(H,48,49)(H,50,51). The molecule has 0 radical (unpaired) electrons. The van der Waals surface area contributed by atoms with Crippen LogP contribution in [0.1, 0.15) is 271 Å². The van der Waals surface area contributed by atoms with Crippen LogP contribution in [0, 0.1) is 0 Å². The molecule has 0 aliphatic rings. The van der Waals surface area contributed by atoms with Gasteiger partial charge in [0.05, 0.1) is 0 Å². The van der Waals surface area contributed by atoms with Crippen molar-refractivity contribution in [3.8, 4) is 0 Å². The highest BCUT2D eigenvalue weighted by molar-refractivity contribution is 5.80. The third kappa shape index (κ3) is 43.0. The van der Waals surface area contributed by atoms with Crippen molar-refractivity contribution in [1.29, 1.82) is 0 Å². The van der Waals surface area contributed by atoms with E-state index >= 15 is 0 Å². The van der Waals surface area contributed by atoms with Crippen molar-refractivity contribution in [2.75, 3.05) is 6.54 Å². The predicted octanol–water partition coefficient (Wildman–Crippen LogP) is 14.7. The van der Waals surface area contributed by atoms with Crippen LogP contribution < -0.4 is 5.32 Å². The van der Waals surface area contributed by atoms with Crippen LogP contribution in [0.15, 0.2) is 0 Å². The SMILES string of the molecule is CCCCCCCCCCCCCCCCCCCCCCC(=O)OC(CCCCCCCCCCCCC)CCCCCCCC(=O)NCC(=O)O. The number of hydrogen-bond donors (Lipinski definition) is 2. The van der Waals surface area contributed by atoms with E-state index in [9.17, 15) is 14.4 Å². The summed E-state index contributed by atoms with van der Waals surface area (Å²) in [5.41, 5.74) is 0. The summed E-state index contributed by atoms with van der Waals surface area (Å²) >= 11 is 0. The van der Waals surface area contributed by atoms with Gasteiger partial charge in [0.1, 0.15) is 12.6 Å². The van der Waals surface area contributed by atoms with Gasteiger partial charge in [-0.2, -0.15) is 0 Å². The molecule has 0 aliphatic carbocycles. The van der Waals surface area contributed by atoms with Crippen molar-refractivity contribution in [1.82, 2.24) is 5.32 Å². The van der Waals surface area contributed by atoms with E-state index in [1.165, 1.54) is 180 Å². The lowest BCUT2D eigenvalue weighted by molar-refractivity contribution is -0.150. The first kappa shape index (κ1) is 51.4. The van der Waals surface area contributed by atoms with Gasteiger partial charge in [-0.15, -0.1) is 0 Å². The van der Waals surface area contributed by atoms with Crippen LogP contribution >= 0.6 is 0 Å². The molecule has 1 atom stereocenters. The Bertz CT molecular complexity index is 787. The Morgan fingerprint density at radius 1 is 0.415 bits per heavy atom. The summed E-state index contributed by atoms with van der Waals surface area (Å²) in [6, 6.07) is 0. The molecule has 53 heavy (non-hydrogen) atoms. The summed E-state index contributed by atoms with van der Waals surface area (Å²) in [5, 5.41) is 11.1. The quantitative estimate of drug-likeness (QED) is 0.0478.